The summed E-state index contributed by atoms with van der Waals surface area (Å²) in [5.74, 6) is -0.0981. The van der Waals surface area contributed by atoms with Gasteiger partial charge in [-0.1, -0.05) is 65.8 Å². The summed E-state index contributed by atoms with van der Waals surface area (Å²) in [7, 11) is 1.54. The first-order chi connectivity index (χ1) is 15.6. The monoisotopic (exact) mass is 431 g/mol. The van der Waals surface area contributed by atoms with Crippen LogP contribution in [0.3, 0.4) is 0 Å². The minimum atomic E-state index is -0.819. The minimum Gasteiger partial charge on any atom is -0.489 e. The first kappa shape index (κ1) is 21.6. The van der Waals surface area contributed by atoms with Crippen LogP contribution in [0.2, 0.25) is 0 Å². The summed E-state index contributed by atoms with van der Waals surface area (Å²) >= 11 is 0. The molecule has 0 aliphatic carbocycles. The van der Waals surface area contributed by atoms with Crippen LogP contribution in [0.15, 0.2) is 84.0 Å². The smallest absolute Gasteiger partial charge is 0.304 e. The van der Waals surface area contributed by atoms with Gasteiger partial charge >= 0.3 is 5.97 Å². The van der Waals surface area contributed by atoms with E-state index in [1.165, 1.54) is 7.11 Å². The third kappa shape index (κ3) is 4.81. The van der Waals surface area contributed by atoms with Crippen molar-refractivity contribution >= 4 is 11.7 Å². The maximum absolute atomic E-state index is 11.2. The van der Waals surface area contributed by atoms with E-state index in [0.29, 0.717) is 19.8 Å². The molecule has 164 valence electrons. The van der Waals surface area contributed by atoms with E-state index in [4.69, 9.17) is 14.3 Å². The average molecular weight is 431 g/mol. The number of carbonyl (C=O) groups is 1. The van der Waals surface area contributed by atoms with E-state index in [1.807, 2.05) is 78.9 Å². The van der Waals surface area contributed by atoms with Crippen molar-refractivity contribution in [3.8, 4) is 5.75 Å². The molecule has 0 unspecified atom stereocenters. The topological polar surface area (TPSA) is 77.4 Å². The second kappa shape index (κ2) is 9.66. The van der Waals surface area contributed by atoms with Crippen molar-refractivity contribution < 1.29 is 24.2 Å². The highest BCUT2D eigenvalue weighted by Gasteiger charge is 2.42. The SMILES string of the molecule is CO/N=C(\c1ccccc1)c1cccc(COc2ccc(C3(CC(=O)O)COC3)cc2)c1. The number of oxime groups is 1. The molecule has 0 saturated carbocycles. The fraction of sp³-hybridized carbons (Fsp3) is 0.231. The third-order valence-electron chi connectivity index (χ3n) is 5.55. The molecule has 6 heteroatoms. The van der Waals surface area contributed by atoms with E-state index >= 15 is 0 Å². The van der Waals surface area contributed by atoms with Gasteiger partial charge in [0.2, 0.25) is 0 Å². The second-order valence-corrected chi connectivity index (χ2v) is 7.85. The summed E-state index contributed by atoms with van der Waals surface area (Å²) in [4.78, 5) is 16.3. The number of carboxylic acid groups (broad SMARTS) is 1. The molecule has 1 saturated heterocycles. The molecule has 0 aromatic heterocycles. The molecule has 1 heterocycles. The van der Waals surface area contributed by atoms with Gasteiger partial charge in [0.15, 0.2) is 0 Å². The summed E-state index contributed by atoms with van der Waals surface area (Å²) < 4.78 is 11.3. The van der Waals surface area contributed by atoms with Gasteiger partial charge in [0.1, 0.15) is 25.2 Å². The number of rotatable bonds is 9. The van der Waals surface area contributed by atoms with Gasteiger partial charge in [0.25, 0.3) is 0 Å². The number of carboxylic acids is 1. The van der Waals surface area contributed by atoms with Crippen LogP contribution in [0, 0.1) is 0 Å². The molecule has 1 N–H and O–H groups in total. The molecule has 4 rings (SSSR count). The molecule has 3 aromatic rings. The standard InChI is InChI=1S/C26H25NO5/c1-30-27-25(20-7-3-2-4-8-20)21-9-5-6-19(14-21)16-32-23-12-10-22(11-13-23)26(15-24(28)29)17-31-18-26/h2-14H,15-18H2,1H3,(H,28,29)/b27-25+. The summed E-state index contributed by atoms with van der Waals surface area (Å²) in [6.45, 7) is 1.25. The Morgan fingerprint density at radius 1 is 1.00 bits per heavy atom. The number of ether oxygens (including phenoxy) is 2. The Hall–Kier alpha value is -3.64. The van der Waals surface area contributed by atoms with Crippen molar-refractivity contribution in [2.45, 2.75) is 18.4 Å². The van der Waals surface area contributed by atoms with Crippen molar-refractivity contribution in [3.63, 3.8) is 0 Å². The van der Waals surface area contributed by atoms with E-state index < -0.39 is 11.4 Å². The molecule has 32 heavy (non-hydrogen) atoms. The van der Waals surface area contributed by atoms with Gasteiger partial charge in [-0.25, -0.2) is 0 Å². The Bertz CT molecular complexity index is 1090. The fourth-order valence-electron chi connectivity index (χ4n) is 3.85. The minimum absolute atomic E-state index is 0.0623. The quantitative estimate of drug-likeness (QED) is 0.401. The summed E-state index contributed by atoms with van der Waals surface area (Å²) in [5, 5.41) is 13.4. The zero-order chi connectivity index (χ0) is 22.4. The number of nitrogens with zero attached hydrogens (tertiary/aromatic N) is 1. The van der Waals surface area contributed by atoms with Crippen LogP contribution < -0.4 is 4.74 Å². The molecule has 1 aliphatic heterocycles. The lowest BCUT2D eigenvalue weighted by molar-refractivity contribution is -0.145. The lowest BCUT2D eigenvalue weighted by Crippen LogP contribution is -2.48. The van der Waals surface area contributed by atoms with Crippen molar-refractivity contribution in [2.75, 3.05) is 20.3 Å². The van der Waals surface area contributed by atoms with Crippen LogP contribution in [0.4, 0.5) is 0 Å². The average Bonchev–Trinajstić information content (AvgIpc) is 2.79. The number of benzene rings is 3. The van der Waals surface area contributed by atoms with Crippen LogP contribution in [-0.2, 0) is 26.4 Å². The maximum atomic E-state index is 11.2. The fourth-order valence-corrected chi connectivity index (χ4v) is 3.85. The van der Waals surface area contributed by atoms with Crippen molar-refractivity contribution in [1.29, 1.82) is 0 Å². The molecule has 0 bridgehead atoms. The van der Waals surface area contributed by atoms with Crippen molar-refractivity contribution in [2.24, 2.45) is 5.16 Å². The Morgan fingerprint density at radius 3 is 2.34 bits per heavy atom. The molecular weight excluding hydrogens is 406 g/mol. The number of hydrogen-bond acceptors (Lipinski definition) is 5. The molecule has 1 fully saturated rings. The predicted octanol–water partition coefficient (Wildman–Crippen LogP) is 4.41. The maximum Gasteiger partial charge on any atom is 0.304 e. The van der Waals surface area contributed by atoms with Gasteiger partial charge in [-0.2, -0.15) is 0 Å². The zero-order valence-electron chi connectivity index (χ0n) is 17.9. The van der Waals surface area contributed by atoms with E-state index in [2.05, 4.69) is 5.16 Å². The normalized spacial score (nSPS) is 15.0. The summed E-state index contributed by atoms with van der Waals surface area (Å²) in [6, 6.07) is 25.5. The second-order valence-electron chi connectivity index (χ2n) is 7.85. The molecule has 0 radical (unpaired) electrons. The van der Waals surface area contributed by atoms with Gasteiger partial charge in [-0.3, -0.25) is 4.79 Å². The van der Waals surface area contributed by atoms with E-state index in [9.17, 15) is 9.90 Å². The summed E-state index contributed by atoms with van der Waals surface area (Å²) in [5.41, 5.74) is 4.19. The van der Waals surface area contributed by atoms with Crippen LogP contribution >= 0.6 is 0 Å². The van der Waals surface area contributed by atoms with E-state index in [-0.39, 0.29) is 6.42 Å². The Balaban J connectivity index is 1.46. The molecule has 6 nitrogen and oxygen atoms in total. The lowest BCUT2D eigenvalue weighted by Gasteiger charge is -2.40. The highest BCUT2D eigenvalue weighted by atomic mass is 16.6. The molecule has 1 aliphatic rings. The highest BCUT2D eigenvalue weighted by molar-refractivity contribution is 6.12. The highest BCUT2D eigenvalue weighted by Crippen LogP contribution is 2.36. The van der Waals surface area contributed by atoms with Gasteiger partial charge in [0.05, 0.1) is 25.0 Å². The molecule has 0 atom stereocenters. The Kier molecular flexibility index (Phi) is 6.52. The molecule has 0 spiro atoms. The Labute approximate surface area is 187 Å². The number of hydrogen-bond donors (Lipinski definition) is 1. The van der Waals surface area contributed by atoms with Crippen molar-refractivity contribution in [1.82, 2.24) is 0 Å². The van der Waals surface area contributed by atoms with Gasteiger partial charge in [0, 0.05) is 11.1 Å². The van der Waals surface area contributed by atoms with Gasteiger partial charge in [-0.15, -0.1) is 0 Å². The zero-order valence-corrected chi connectivity index (χ0v) is 17.9. The van der Waals surface area contributed by atoms with Crippen LogP contribution in [0.1, 0.15) is 28.7 Å². The first-order valence-electron chi connectivity index (χ1n) is 10.4. The van der Waals surface area contributed by atoms with Crippen LogP contribution in [-0.4, -0.2) is 37.1 Å². The van der Waals surface area contributed by atoms with Crippen LogP contribution in [0.25, 0.3) is 0 Å². The van der Waals surface area contributed by atoms with E-state index in [1.54, 1.807) is 0 Å². The largest absolute Gasteiger partial charge is 0.489 e. The molecular formula is C26H25NO5. The van der Waals surface area contributed by atoms with Gasteiger partial charge in [-0.05, 0) is 29.3 Å². The van der Waals surface area contributed by atoms with E-state index in [0.717, 1.165) is 33.7 Å². The summed E-state index contributed by atoms with van der Waals surface area (Å²) in [6.07, 6.45) is 0.0623. The lowest BCUT2D eigenvalue weighted by atomic mass is 9.76. The Morgan fingerprint density at radius 2 is 1.72 bits per heavy atom. The first-order valence-corrected chi connectivity index (χ1v) is 10.4. The van der Waals surface area contributed by atoms with Crippen molar-refractivity contribution in [3.05, 3.63) is 101 Å². The number of aliphatic carboxylic acids is 1. The van der Waals surface area contributed by atoms with Gasteiger partial charge < -0.3 is 19.4 Å². The third-order valence-corrected chi connectivity index (χ3v) is 5.55. The molecule has 0 amide bonds. The van der Waals surface area contributed by atoms with Crippen LogP contribution in [0.5, 0.6) is 5.75 Å². The molecule has 3 aromatic carbocycles. The predicted molar refractivity (Wildman–Crippen MR) is 121 cm³/mol.